The third-order valence-electron chi connectivity index (χ3n) is 18.1. The number of aromatic nitrogens is 7. The largest absolute Gasteiger partial charge is 0.455 e. The van der Waals surface area contributed by atoms with Crippen molar-refractivity contribution in [1.82, 2.24) is 34.5 Å². The molecule has 0 saturated carbocycles. The molecule has 0 aliphatic heterocycles. The molecule has 0 bridgehead atoms. The number of furan rings is 3. The van der Waals surface area contributed by atoms with Gasteiger partial charge in [-0.05, 0) is 83.4 Å². The number of hydrogen-bond donors (Lipinski definition) is 0. The Hall–Kier alpha value is -12.9. The highest BCUT2D eigenvalue weighted by molar-refractivity contribution is 6.16. The van der Waals surface area contributed by atoms with Crippen LogP contribution in [-0.4, -0.2) is 34.5 Å². The SMILES string of the molecule is c1ccc(-c2nc(-c3cccc(-c4ccc(-c5nc(-c6ccccc6)nc(-c6ccc7c(c6)oc6c(-c8cccc9c8oc8ccccc89)cccc67)n5)cc4)c3)nc(-c3ccc4c(c3)oc3c(-c5ccc6c(c5)c5ccccc5n6-c5ccccc5)cccc34)n2)cc1. The molecule has 438 valence electrons. The zero-order valence-electron chi connectivity index (χ0n) is 50.1. The normalized spacial score (nSPS) is 11.8. The molecule has 0 saturated heterocycles. The lowest BCUT2D eigenvalue weighted by atomic mass is 10.00. The number of para-hydroxylation sites is 6. The fraction of sp³-hybridized carbons (Fsp3) is 0. The van der Waals surface area contributed by atoms with Gasteiger partial charge in [0.2, 0.25) is 0 Å². The smallest absolute Gasteiger partial charge is 0.164 e. The van der Waals surface area contributed by atoms with Crippen molar-refractivity contribution in [2.75, 3.05) is 0 Å². The molecule has 0 atom stereocenters. The van der Waals surface area contributed by atoms with Gasteiger partial charge in [0.1, 0.15) is 33.5 Å². The van der Waals surface area contributed by atoms with Gasteiger partial charge in [0, 0.05) is 98.8 Å². The molecule has 94 heavy (non-hydrogen) atoms. The molecule has 19 rings (SSSR count). The summed E-state index contributed by atoms with van der Waals surface area (Å²) in [5, 5.41) is 8.58. The van der Waals surface area contributed by atoms with Gasteiger partial charge in [0.25, 0.3) is 0 Å². The van der Waals surface area contributed by atoms with Crippen LogP contribution in [0.4, 0.5) is 0 Å². The van der Waals surface area contributed by atoms with Crippen molar-refractivity contribution >= 4 is 87.6 Å². The minimum atomic E-state index is 0.530. The molecule has 6 aromatic heterocycles. The van der Waals surface area contributed by atoms with Crippen LogP contribution in [-0.2, 0) is 0 Å². The van der Waals surface area contributed by atoms with Crippen LogP contribution < -0.4 is 0 Å². The number of hydrogen-bond acceptors (Lipinski definition) is 9. The van der Waals surface area contributed by atoms with Crippen molar-refractivity contribution in [3.8, 4) is 107 Å². The Balaban J connectivity index is 0.654. The van der Waals surface area contributed by atoms with Crippen LogP contribution >= 0.6 is 0 Å². The first kappa shape index (κ1) is 53.0. The first-order valence-corrected chi connectivity index (χ1v) is 31.3. The highest BCUT2D eigenvalue weighted by atomic mass is 16.3. The molecule has 0 aliphatic rings. The standard InChI is InChI=1S/C84H49N7O3/c1-4-18-51(19-5-1)79-85-81(89-83(87-79)57-41-44-64-67-31-17-33-69(78(67)94-75(64)49-57)68-32-16-30-65-62-27-11-13-35-73(62)92-77(65)68)53-38-36-50(37-39-53)54-22-14-23-56(46-54)82-86-80(52-20-6-2-7-21-52)88-84(90-82)58-40-43-63-66-29-15-28-60(76(66)93-74(63)48-58)55-42-45-72-70(47-55)61-26-10-12-34-71(61)91(72)59-24-8-3-9-25-59/h1-49H. The summed E-state index contributed by atoms with van der Waals surface area (Å²) < 4.78 is 22.6. The van der Waals surface area contributed by atoms with Crippen molar-refractivity contribution in [1.29, 1.82) is 0 Å². The first-order chi connectivity index (χ1) is 46.5. The summed E-state index contributed by atoms with van der Waals surface area (Å²) in [6, 6.07) is 102. The summed E-state index contributed by atoms with van der Waals surface area (Å²) >= 11 is 0. The zero-order chi connectivity index (χ0) is 61.8. The van der Waals surface area contributed by atoms with Gasteiger partial charge >= 0.3 is 0 Å². The molecule has 6 heterocycles. The molecule has 0 aliphatic carbocycles. The summed E-state index contributed by atoms with van der Waals surface area (Å²) in [5.41, 5.74) is 19.3. The molecular formula is C84H49N7O3. The second-order valence-electron chi connectivity index (χ2n) is 23.7. The van der Waals surface area contributed by atoms with Gasteiger partial charge in [-0.15, -0.1) is 0 Å². The second-order valence-corrected chi connectivity index (χ2v) is 23.7. The van der Waals surface area contributed by atoms with E-state index in [1.807, 2.05) is 97.1 Å². The Morgan fingerprint density at radius 3 is 1.16 bits per heavy atom. The second kappa shape index (κ2) is 21.4. The van der Waals surface area contributed by atoms with E-state index in [2.05, 4.69) is 205 Å². The van der Waals surface area contributed by atoms with Crippen molar-refractivity contribution in [3.05, 3.63) is 297 Å². The molecular weight excluding hydrogens is 1150 g/mol. The Morgan fingerprint density at radius 1 is 0.202 bits per heavy atom. The maximum absolute atomic E-state index is 6.92. The van der Waals surface area contributed by atoms with Crippen molar-refractivity contribution in [3.63, 3.8) is 0 Å². The van der Waals surface area contributed by atoms with E-state index in [1.165, 1.54) is 10.8 Å². The molecule has 0 unspecified atom stereocenters. The van der Waals surface area contributed by atoms with E-state index in [-0.39, 0.29) is 0 Å². The van der Waals surface area contributed by atoms with E-state index in [0.29, 0.717) is 34.9 Å². The average molecular weight is 1200 g/mol. The Labute approximate surface area is 537 Å². The van der Waals surface area contributed by atoms with E-state index < -0.39 is 0 Å². The van der Waals surface area contributed by atoms with Gasteiger partial charge in [-0.25, -0.2) is 29.9 Å². The average Bonchev–Trinajstić information content (AvgIpc) is 1.60. The highest BCUT2D eigenvalue weighted by Crippen LogP contribution is 2.44. The summed E-state index contributed by atoms with van der Waals surface area (Å²) in [6.07, 6.45) is 0. The van der Waals surface area contributed by atoms with E-state index >= 15 is 0 Å². The van der Waals surface area contributed by atoms with Crippen molar-refractivity contribution < 1.29 is 13.3 Å². The van der Waals surface area contributed by atoms with Crippen LogP contribution in [0.1, 0.15) is 0 Å². The fourth-order valence-corrected chi connectivity index (χ4v) is 13.6. The number of fused-ring (bicyclic) bond motifs is 12. The molecule has 0 spiro atoms. The Kier molecular flexibility index (Phi) is 12.0. The number of benzene rings is 13. The zero-order valence-corrected chi connectivity index (χ0v) is 50.1. The number of nitrogens with zero attached hydrogens (tertiary/aromatic N) is 7. The fourth-order valence-electron chi connectivity index (χ4n) is 13.6. The Bertz CT molecular complexity index is 6230. The first-order valence-electron chi connectivity index (χ1n) is 31.3. The molecule has 0 N–H and O–H groups in total. The topological polar surface area (TPSA) is 122 Å². The third-order valence-corrected chi connectivity index (χ3v) is 18.1. The molecule has 10 nitrogen and oxygen atoms in total. The molecule has 19 aromatic rings. The Morgan fingerprint density at radius 2 is 0.574 bits per heavy atom. The molecule has 13 aromatic carbocycles. The lowest BCUT2D eigenvalue weighted by Gasteiger charge is -2.11. The van der Waals surface area contributed by atoms with Crippen molar-refractivity contribution in [2.24, 2.45) is 0 Å². The van der Waals surface area contributed by atoms with Crippen LogP contribution in [0.3, 0.4) is 0 Å². The van der Waals surface area contributed by atoms with Gasteiger partial charge in [-0.3, -0.25) is 0 Å². The predicted molar refractivity (Wildman–Crippen MR) is 378 cm³/mol. The van der Waals surface area contributed by atoms with Crippen LogP contribution in [0.15, 0.2) is 311 Å². The highest BCUT2D eigenvalue weighted by Gasteiger charge is 2.22. The van der Waals surface area contributed by atoms with Gasteiger partial charge in [0.05, 0.1) is 11.0 Å². The summed E-state index contributed by atoms with van der Waals surface area (Å²) in [6.45, 7) is 0. The summed E-state index contributed by atoms with van der Waals surface area (Å²) in [5.74, 6) is 3.29. The lowest BCUT2D eigenvalue weighted by Crippen LogP contribution is -2.00. The molecule has 10 heteroatoms. The van der Waals surface area contributed by atoms with E-state index in [9.17, 15) is 0 Å². The minimum Gasteiger partial charge on any atom is -0.455 e. The molecule has 0 amide bonds. The van der Waals surface area contributed by atoms with Crippen LogP contribution in [0, 0.1) is 0 Å². The number of rotatable bonds is 10. The molecule has 0 fully saturated rings. The predicted octanol–water partition coefficient (Wildman–Crippen LogP) is 21.9. The van der Waals surface area contributed by atoms with Gasteiger partial charge in [0.15, 0.2) is 34.9 Å². The third kappa shape index (κ3) is 8.80. The van der Waals surface area contributed by atoms with E-state index in [0.717, 1.165) is 149 Å². The molecule has 0 radical (unpaired) electrons. The van der Waals surface area contributed by atoms with Crippen LogP contribution in [0.25, 0.3) is 195 Å². The van der Waals surface area contributed by atoms with Crippen molar-refractivity contribution in [2.45, 2.75) is 0 Å². The van der Waals surface area contributed by atoms with Crippen LogP contribution in [0.2, 0.25) is 0 Å². The summed E-state index contributed by atoms with van der Waals surface area (Å²) in [7, 11) is 0. The monoisotopic (exact) mass is 1200 g/mol. The van der Waals surface area contributed by atoms with Gasteiger partial charge in [-0.1, -0.05) is 231 Å². The maximum atomic E-state index is 6.92. The quantitative estimate of drug-likeness (QED) is 0.132. The summed E-state index contributed by atoms with van der Waals surface area (Å²) in [4.78, 5) is 30.8. The van der Waals surface area contributed by atoms with E-state index in [1.54, 1.807) is 0 Å². The van der Waals surface area contributed by atoms with Gasteiger partial charge < -0.3 is 17.8 Å². The minimum absolute atomic E-state index is 0.530. The van der Waals surface area contributed by atoms with Crippen LogP contribution in [0.5, 0.6) is 0 Å². The lowest BCUT2D eigenvalue weighted by molar-refractivity contribution is 0.665. The van der Waals surface area contributed by atoms with E-state index in [4.69, 9.17) is 43.2 Å². The maximum Gasteiger partial charge on any atom is 0.164 e. The van der Waals surface area contributed by atoms with Gasteiger partial charge in [-0.2, -0.15) is 0 Å².